The van der Waals surface area contributed by atoms with Crippen LogP contribution in [0.3, 0.4) is 0 Å². The number of nitrogens with one attached hydrogen (secondary N) is 2. The quantitative estimate of drug-likeness (QED) is 0.486. The van der Waals surface area contributed by atoms with Gasteiger partial charge in [0.15, 0.2) is 0 Å². The fourth-order valence-electron chi connectivity index (χ4n) is 3.58. The second kappa shape index (κ2) is 8.47. The number of carbonyl (C=O) groups excluding carboxylic acids is 2. The molecule has 31 heavy (non-hydrogen) atoms. The van der Waals surface area contributed by atoms with Crippen molar-refractivity contribution >= 4 is 22.7 Å². The Hall–Kier alpha value is -3.87. The van der Waals surface area contributed by atoms with Crippen molar-refractivity contribution in [3.05, 3.63) is 94.8 Å². The number of rotatable bonds is 6. The molecule has 2 amide bonds. The van der Waals surface area contributed by atoms with E-state index in [9.17, 15) is 14.0 Å². The summed E-state index contributed by atoms with van der Waals surface area (Å²) in [6.07, 6.45) is 1.56. The maximum Gasteiger partial charge on any atom is 0.271 e. The largest absolute Gasteiger partial charge is 0.467 e. The maximum atomic E-state index is 13.8. The van der Waals surface area contributed by atoms with Gasteiger partial charge >= 0.3 is 0 Å². The van der Waals surface area contributed by atoms with E-state index in [1.54, 1.807) is 48.5 Å². The first-order chi connectivity index (χ1) is 14.9. The van der Waals surface area contributed by atoms with Crippen molar-refractivity contribution in [2.24, 2.45) is 0 Å². The van der Waals surface area contributed by atoms with Gasteiger partial charge in [-0.1, -0.05) is 12.1 Å². The van der Waals surface area contributed by atoms with Crippen LogP contribution >= 0.6 is 0 Å². The number of aryl methyl sites for hydroxylation is 1. The summed E-state index contributed by atoms with van der Waals surface area (Å²) in [4.78, 5) is 29.8. The first-order valence-electron chi connectivity index (χ1n) is 9.86. The van der Waals surface area contributed by atoms with E-state index in [2.05, 4.69) is 10.3 Å². The number of carbonyl (C=O) groups is 2. The van der Waals surface area contributed by atoms with Gasteiger partial charge in [-0.15, -0.1) is 0 Å². The van der Waals surface area contributed by atoms with Crippen LogP contribution in [-0.4, -0.2) is 28.7 Å². The van der Waals surface area contributed by atoms with E-state index >= 15 is 0 Å². The van der Waals surface area contributed by atoms with E-state index < -0.39 is 0 Å². The van der Waals surface area contributed by atoms with Crippen LogP contribution in [0.1, 0.15) is 37.7 Å². The van der Waals surface area contributed by atoms with Gasteiger partial charge in [0.05, 0.1) is 12.8 Å². The van der Waals surface area contributed by atoms with Crippen LogP contribution in [0.15, 0.2) is 65.3 Å². The summed E-state index contributed by atoms with van der Waals surface area (Å²) in [7, 11) is 1.58. The predicted octanol–water partition coefficient (Wildman–Crippen LogP) is 4.41. The third-order valence-corrected chi connectivity index (χ3v) is 5.17. The Morgan fingerprint density at radius 3 is 2.55 bits per heavy atom. The Labute approximate surface area is 178 Å². The van der Waals surface area contributed by atoms with Crippen molar-refractivity contribution in [3.63, 3.8) is 0 Å². The number of nitrogens with zero attached hydrogens (tertiary/aromatic N) is 1. The summed E-state index contributed by atoms with van der Waals surface area (Å²) in [5.74, 6) is -0.110. The summed E-state index contributed by atoms with van der Waals surface area (Å²) in [6, 6.07) is 15.2. The maximum absolute atomic E-state index is 13.8. The molecule has 0 aliphatic heterocycles. The van der Waals surface area contributed by atoms with Crippen LogP contribution in [-0.2, 0) is 13.1 Å². The second-order valence-electron chi connectivity index (χ2n) is 7.38. The summed E-state index contributed by atoms with van der Waals surface area (Å²) in [5, 5.41) is 3.39. The van der Waals surface area contributed by atoms with E-state index in [0.717, 1.165) is 16.5 Å². The molecule has 0 spiro atoms. The number of H-pyrrole nitrogens is 1. The van der Waals surface area contributed by atoms with Crippen LogP contribution in [0.25, 0.3) is 10.9 Å². The lowest BCUT2D eigenvalue weighted by molar-refractivity contribution is 0.0712. The average Bonchev–Trinajstić information content (AvgIpc) is 3.42. The van der Waals surface area contributed by atoms with Crippen molar-refractivity contribution < 1.29 is 18.4 Å². The third-order valence-electron chi connectivity index (χ3n) is 5.17. The number of benzene rings is 2. The van der Waals surface area contributed by atoms with E-state index in [-0.39, 0.29) is 24.2 Å². The molecule has 2 aromatic carbocycles. The number of amides is 2. The van der Waals surface area contributed by atoms with E-state index in [1.165, 1.54) is 12.1 Å². The lowest BCUT2D eigenvalue weighted by Crippen LogP contribution is -2.30. The van der Waals surface area contributed by atoms with Gasteiger partial charge in [-0.05, 0) is 60.5 Å². The van der Waals surface area contributed by atoms with Crippen LogP contribution in [0.5, 0.6) is 0 Å². The van der Waals surface area contributed by atoms with Crippen molar-refractivity contribution in [1.82, 2.24) is 15.2 Å². The minimum Gasteiger partial charge on any atom is -0.467 e. The van der Waals surface area contributed by atoms with Gasteiger partial charge < -0.3 is 19.6 Å². The Kier molecular flexibility index (Phi) is 5.58. The highest BCUT2D eigenvalue weighted by Crippen LogP contribution is 2.23. The topological polar surface area (TPSA) is 78.3 Å². The highest BCUT2D eigenvalue weighted by molar-refractivity contribution is 5.99. The zero-order valence-corrected chi connectivity index (χ0v) is 17.2. The number of halogens is 1. The van der Waals surface area contributed by atoms with Crippen LogP contribution < -0.4 is 5.32 Å². The predicted molar refractivity (Wildman–Crippen MR) is 115 cm³/mol. The summed E-state index contributed by atoms with van der Waals surface area (Å²) in [6.45, 7) is 2.39. The van der Waals surface area contributed by atoms with E-state index in [4.69, 9.17) is 4.42 Å². The number of hydrogen-bond acceptors (Lipinski definition) is 3. The number of furan rings is 1. The molecule has 0 aliphatic carbocycles. The average molecular weight is 419 g/mol. The zero-order chi connectivity index (χ0) is 22.0. The molecular formula is C24H22FN3O3. The first-order valence-corrected chi connectivity index (χ1v) is 9.86. The molecule has 2 heterocycles. The van der Waals surface area contributed by atoms with Crippen molar-refractivity contribution in [3.8, 4) is 0 Å². The fourth-order valence-corrected chi connectivity index (χ4v) is 3.58. The van der Waals surface area contributed by atoms with Gasteiger partial charge in [0.2, 0.25) is 0 Å². The Balaban J connectivity index is 1.64. The molecule has 0 radical (unpaired) electrons. The van der Waals surface area contributed by atoms with Gasteiger partial charge in [-0.25, -0.2) is 4.39 Å². The molecule has 0 atom stereocenters. The molecule has 2 N–H and O–H groups in total. The van der Waals surface area contributed by atoms with E-state index in [0.29, 0.717) is 29.1 Å². The standard InChI is InChI=1S/C24H22FN3O3/c1-15-10-18(25)11-21-20(15)12-22(27-21)24(30)28(14-19-4-3-9-31-19)13-16-5-7-17(8-6-16)23(29)26-2/h3-12,27H,13-14H2,1-2H3,(H,26,29). The second-order valence-corrected chi connectivity index (χ2v) is 7.38. The third kappa shape index (κ3) is 4.35. The number of hydrogen-bond donors (Lipinski definition) is 2. The van der Waals surface area contributed by atoms with Crippen molar-refractivity contribution in [1.29, 1.82) is 0 Å². The molecule has 4 rings (SSSR count). The molecule has 6 nitrogen and oxygen atoms in total. The SMILES string of the molecule is CNC(=O)c1ccc(CN(Cc2ccco2)C(=O)c2cc3c(C)cc(F)cc3[nH]2)cc1. The Morgan fingerprint density at radius 1 is 1.10 bits per heavy atom. The van der Waals surface area contributed by atoms with Gasteiger partial charge in [0.1, 0.15) is 17.3 Å². The summed E-state index contributed by atoms with van der Waals surface area (Å²) < 4.78 is 19.2. The summed E-state index contributed by atoms with van der Waals surface area (Å²) >= 11 is 0. The molecular weight excluding hydrogens is 397 g/mol. The van der Waals surface area contributed by atoms with Crippen LogP contribution in [0.4, 0.5) is 4.39 Å². The minimum absolute atomic E-state index is 0.171. The molecule has 158 valence electrons. The lowest BCUT2D eigenvalue weighted by atomic mass is 10.1. The highest BCUT2D eigenvalue weighted by atomic mass is 19.1. The van der Waals surface area contributed by atoms with Crippen LogP contribution in [0.2, 0.25) is 0 Å². The zero-order valence-electron chi connectivity index (χ0n) is 17.2. The van der Waals surface area contributed by atoms with E-state index in [1.807, 2.05) is 19.1 Å². The summed E-state index contributed by atoms with van der Waals surface area (Å²) in [5.41, 5.74) is 3.12. The van der Waals surface area contributed by atoms with Crippen molar-refractivity contribution in [2.45, 2.75) is 20.0 Å². The van der Waals surface area contributed by atoms with Gasteiger partial charge in [-0.2, -0.15) is 0 Å². The fraction of sp³-hybridized carbons (Fsp3) is 0.167. The molecule has 0 saturated carbocycles. The normalized spacial score (nSPS) is 10.9. The molecule has 0 saturated heterocycles. The van der Waals surface area contributed by atoms with Crippen LogP contribution in [0, 0.1) is 12.7 Å². The molecule has 4 aromatic rings. The highest BCUT2D eigenvalue weighted by Gasteiger charge is 2.21. The lowest BCUT2D eigenvalue weighted by Gasteiger charge is -2.21. The number of aromatic nitrogens is 1. The molecule has 7 heteroatoms. The minimum atomic E-state index is -0.352. The Bertz CT molecular complexity index is 1230. The molecule has 0 aliphatic rings. The molecule has 0 unspecified atom stereocenters. The number of aromatic amines is 1. The van der Waals surface area contributed by atoms with Gasteiger partial charge in [0.25, 0.3) is 11.8 Å². The van der Waals surface area contributed by atoms with Gasteiger partial charge in [0, 0.05) is 30.1 Å². The van der Waals surface area contributed by atoms with Gasteiger partial charge in [-0.3, -0.25) is 9.59 Å². The Morgan fingerprint density at radius 2 is 1.87 bits per heavy atom. The smallest absolute Gasteiger partial charge is 0.271 e. The first kappa shape index (κ1) is 20.4. The molecule has 0 bridgehead atoms. The molecule has 0 fully saturated rings. The van der Waals surface area contributed by atoms with Crippen molar-refractivity contribution in [2.75, 3.05) is 7.05 Å². The monoisotopic (exact) mass is 419 g/mol. The number of fused-ring (bicyclic) bond motifs is 1. The molecule has 2 aromatic heterocycles.